The van der Waals surface area contributed by atoms with Crippen molar-refractivity contribution in [3.05, 3.63) is 0 Å². The maximum absolute atomic E-state index is 3.58. The summed E-state index contributed by atoms with van der Waals surface area (Å²) >= 11 is 0. The van der Waals surface area contributed by atoms with E-state index in [9.17, 15) is 0 Å². The highest BCUT2D eigenvalue weighted by Gasteiger charge is 2.36. The van der Waals surface area contributed by atoms with Crippen LogP contribution in [0, 0.1) is 11.8 Å². The van der Waals surface area contributed by atoms with Gasteiger partial charge in [0, 0.05) is 25.2 Å². The molecule has 2 heteroatoms. The van der Waals surface area contributed by atoms with Gasteiger partial charge in [0.1, 0.15) is 0 Å². The van der Waals surface area contributed by atoms with Crippen molar-refractivity contribution in [3.63, 3.8) is 0 Å². The van der Waals surface area contributed by atoms with Gasteiger partial charge in [-0.25, -0.2) is 0 Å². The van der Waals surface area contributed by atoms with Crippen molar-refractivity contribution in [2.45, 2.75) is 63.5 Å². The Hall–Kier alpha value is -0.0800. The summed E-state index contributed by atoms with van der Waals surface area (Å²) in [6.45, 7) is 2.80. The van der Waals surface area contributed by atoms with Crippen LogP contribution in [0.3, 0.4) is 0 Å². The van der Waals surface area contributed by atoms with E-state index in [1.165, 1.54) is 64.5 Å². The summed E-state index contributed by atoms with van der Waals surface area (Å²) in [5.41, 5.74) is 0. The molecule has 0 amide bonds. The van der Waals surface area contributed by atoms with Gasteiger partial charge in [0.15, 0.2) is 0 Å². The average molecular weight is 236 g/mol. The lowest BCUT2D eigenvalue weighted by Crippen LogP contribution is -2.52. The Labute approximate surface area is 106 Å². The third-order valence-electron chi connectivity index (χ3n) is 4.95. The van der Waals surface area contributed by atoms with Gasteiger partial charge in [0.2, 0.25) is 0 Å². The monoisotopic (exact) mass is 236 g/mol. The van der Waals surface area contributed by atoms with Crippen molar-refractivity contribution < 1.29 is 0 Å². The van der Waals surface area contributed by atoms with Crippen molar-refractivity contribution in [2.24, 2.45) is 11.8 Å². The van der Waals surface area contributed by atoms with Crippen LogP contribution < -0.4 is 5.32 Å². The molecule has 2 nitrogen and oxygen atoms in total. The van der Waals surface area contributed by atoms with E-state index in [0.29, 0.717) is 0 Å². The van der Waals surface area contributed by atoms with Gasteiger partial charge in [-0.15, -0.1) is 0 Å². The number of nitrogens with zero attached hydrogens (tertiary/aromatic N) is 1. The van der Waals surface area contributed by atoms with Gasteiger partial charge in [0.25, 0.3) is 0 Å². The summed E-state index contributed by atoms with van der Waals surface area (Å²) < 4.78 is 0. The van der Waals surface area contributed by atoms with Crippen LogP contribution in [0.15, 0.2) is 0 Å². The minimum absolute atomic E-state index is 0.765. The second kappa shape index (κ2) is 5.27. The van der Waals surface area contributed by atoms with Crippen LogP contribution in [-0.4, -0.2) is 37.1 Å². The number of nitrogens with one attached hydrogen (secondary N) is 1. The fourth-order valence-electron chi connectivity index (χ4n) is 3.49. The van der Waals surface area contributed by atoms with Gasteiger partial charge < -0.3 is 5.32 Å². The van der Waals surface area contributed by atoms with E-state index in [1.54, 1.807) is 0 Å². The summed E-state index contributed by atoms with van der Waals surface area (Å²) in [5, 5.41) is 3.58. The fourth-order valence-corrected chi connectivity index (χ4v) is 3.49. The van der Waals surface area contributed by atoms with Crippen LogP contribution in [0.5, 0.6) is 0 Å². The summed E-state index contributed by atoms with van der Waals surface area (Å²) in [5.74, 6) is 2.10. The van der Waals surface area contributed by atoms with Crippen molar-refractivity contribution in [2.75, 3.05) is 20.1 Å². The van der Waals surface area contributed by atoms with Crippen LogP contribution >= 0.6 is 0 Å². The van der Waals surface area contributed by atoms with Crippen LogP contribution in [0.2, 0.25) is 0 Å². The molecule has 3 rings (SSSR count). The van der Waals surface area contributed by atoms with E-state index in [2.05, 4.69) is 17.3 Å². The van der Waals surface area contributed by atoms with E-state index >= 15 is 0 Å². The first-order valence-electron chi connectivity index (χ1n) is 7.78. The molecule has 0 radical (unpaired) electrons. The van der Waals surface area contributed by atoms with Gasteiger partial charge in [-0.2, -0.15) is 0 Å². The number of hydrogen-bond acceptors (Lipinski definition) is 2. The lowest BCUT2D eigenvalue weighted by atomic mass is 9.89. The zero-order valence-electron chi connectivity index (χ0n) is 11.3. The first-order chi connectivity index (χ1) is 8.36. The Bertz CT molecular complexity index is 231. The lowest BCUT2D eigenvalue weighted by molar-refractivity contribution is 0.114. The predicted molar refractivity (Wildman–Crippen MR) is 72.1 cm³/mol. The molecule has 0 aliphatic heterocycles. The Balaban J connectivity index is 1.61. The summed E-state index contributed by atoms with van der Waals surface area (Å²) in [7, 11) is 2.16. The average Bonchev–Trinajstić information content (AvgIpc) is 3.23. The topological polar surface area (TPSA) is 15.3 Å². The standard InChI is InChI=1S/C15H28N2/c1-16-14-4-2-3-5-15(14)17(10-12-6-7-12)11-13-8-9-13/h12-16H,2-11H2,1H3. The molecule has 2 unspecified atom stereocenters. The molecule has 0 bridgehead atoms. The first kappa shape index (κ1) is 12.0. The Morgan fingerprint density at radius 2 is 1.47 bits per heavy atom. The van der Waals surface area contributed by atoms with Crippen LogP contribution in [0.1, 0.15) is 51.4 Å². The highest BCUT2D eigenvalue weighted by molar-refractivity contribution is 4.92. The largest absolute Gasteiger partial charge is 0.315 e. The second-order valence-electron chi connectivity index (χ2n) is 6.59. The molecular weight excluding hydrogens is 208 g/mol. The van der Waals surface area contributed by atoms with Crippen molar-refractivity contribution in [1.29, 1.82) is 0 Å². The molecule has 98 valence electrons. The number of hydrogen-bond donors (Lipinski definition) is 1. The highest BCUT2D eigenvalue weighted by Crippen LogP contribution is 2.36. The van der Waals surface area contributed by atoms with E-state index in [4.69, 9.17) is 0 Å². The molecule has 0 aromatic carbocycles. The molecule has 0 spiro atoms. The number of likely N-dealkylation sites (N-methyl/N-ethyl adjacent to an activating group) is 1. The molecule has 3 aliphatic carbocycles. The van der Waals surface area contributed by atoms with Crippen LogP contribution in [0.25, 0.3) is 0 Å². The Kier molecular flexibility index (Phi) is 3.72. The molecule has 0 aromatic heterocycles. The van der Waals surface area contributed by atoms with Gasteiger partial charge in [0.05, 0.1) is 0 Å². The maximum atomic E-state index is 3.58. The van der Waals surface area contributed by atoms with E-state index in [0.717, 1.165) is 23.9 Å². The zero-order valence-corrected chi connectivity index (χ0v) is 11.3. The minimum Gasteiger partial charge on any atom is -0.315 e. The van der Waals surface area contributed by atoms with Gasteiger partial charge in [-0.1, -0.05) is 12.8 Å². The van der Waals surface area contributed by atoms with Crippen LogP contribution in [-0.2, 0) is 0 Å². The zero-order chi connectivity index (χ0) is 11.7. The van der Waals surface area contributed by atoms with Crippen molar-refractivity contribution in [3.8, 4) is 0 Å². The van der Waals surface area contributed by atoms with E-state index < -0.39 is 0 Å². The molecule has 0 saturated heterocycles. The molecule has 0 heterocycles. The highest BCUT2D eigenvalue weighted by atomic mass is 15.2. The van der Waals surface area contributed by atoms with E-state index in [-0.39, 0.29) is 0 Å². The Morgan fingerprint density at radius 1 is 0.882 bits per heavy atom. The minimum atomic E-state index is 0.765. The molecule has 3 aliphatic rings. The molecule has 0 aromatic rings. The summed E-state index contributed by atoms with van der Waals surface area (Å²) in [6, 6.07) is 1.61. The normalized spacial score (nSPS) is 34.2. The van der Waals surface area contributed by atoms with Gasteiger partial charge in [-0.3, -0.25) is 4.90 Å². The lowest BCUT2D eigenvalue weighted by Gasteiger charge is -2.40. The molecule has 3 saturated carbocycles. The van der Waals surface area contributed by atoms with Crippen molar-refractivity contribution in [1.82, 2.24) is 10.2 Å². The third-order valence-corrected chi connectivity index (χ3v) is 4.95. The third kappa shape index (κ3) is 3.23. The number of rotatable bonds is 6. The molecular formula is C15H28N2. The van der Waals surface area contributed by atoms with Crippen molar-refractivity contribution >= 4 is 0 Å². The fraction of sp³-hybridized carbons (Fsp3) is 1.00. The first-order valence-corrected chi connectivity index (χ1v) is 7.78. The SMILES string of the molecule is CNC1CCCCC1N(CC1CC1)CC1CC1. The quantitative estimate of drug-likeness (QED) is 0.763. The predicted octanol–water partition coefficient (Wildman–Crippen LogP) is 2.64. The molecule has 2 atom stereocenters. The van der Waals surface area contributed by atoms with Gasteiger partial charge >= 0.3 is 0 Å². The smallest absolute Gasteiger partial charge is 0.0249 e. The summed E-state index contributed by atoms with van der Waals surface area (Å²) in [4.78, 5) is 2.87. The Morgan fingerprint density at radius 3 is 2.00 bits per heavy atom. The second-order valence-corrected chi connectivity index (χ2v) is 6.59. The van der Waals surface area contributed by atoms with Gasteiger partial charge in [-0.05, 0) is 57.4 Å². The van der Waals surface area contributed by atoms with Crippen LogP contribution in [0.4, 0.5) is 0 Å². The maximum Gasteiger partial charge on any atom is 0.0249 e. The summed E-state index contributed by atoms with van der Waals surface area (Å²) in [6.07, 6.45) is 11.7. The molecule has 1 N–H and O–H groups in total. The molecule has 17 heavy (non-hydrogen) atoms. The van der Waals surface area contributed by atoms with E-state index in [1.807, 2.05) is 0 Å². The molecule has 3 fully saturated rings.